The van der Waals surface area contributed by atoms with Crippen molar-refractivity contribution in [3.63, 3.8) is 0 Å². The van der Waals surface area contributed by atoms with Crippen molar-refractivity contribution in [2.45, 2.75) is 27.3 Å². The zero-order valence-corrected chi connectivity index (χ0v) is 11.9. The van der Waals surface area contributed by atoms with Crippen molar-refractivity contribution in [2.75, 3.05) is 12.8 Å². The lowest BCUT2D eigenvalue weighted by Crippen LogP contribution is -2.38. The summed E-state index contributed by atoms with van der Waals surface area (Å²) in [6.07, 6.45) is 0. The normalized spacial score (nSPS) is 11.4. The van der Waals surface area contributed by atoms with E-state index >= 15 is 0 Å². The third kappa shape index (κ3) is 3.62. The number of nitrogen functional groups attached to an aromatic ring is 1. The Morgan fingerprint density at radius 1 is 1.44 bits per heavy atom. The number of nitrogens with two attached hydrogens (primary N) is 1. The summed E-state index contributed by atoms with van der Waals surface area (Å²) >= 11 is 6.08. The molecular weight excluding hydrogens is 252 g/mol. The van der Waals surface area contributed by atoms with E-state index in [4.69, 9.17) is 22.2 Å². The molecule has 18 heavy (non-hydrogen) atoms. The molecule has 0 saturated carbocycles. The predicted octanol–water partition coefficient (Wildman–Crippen LogP) is 2.86. The van der Waals surface area contributed by atoms with Crippen molar-refractivity contribution in [3.05, 3.63) is 28.8 Å². The molecule has 5 heteroatoms. The van der Waals surface area contributed by atoms with Gasteiger partial charge in [0.25, 0.3) is 5.91 Å². The Hall–Kier alpha value is -1.26. The van der Waals surface area contributed by atoms with Crippen LogP contribution in [0.3, 0.4) is 0 Å². The van der Waals surface area contributed by atoms with Gasteiger partial charge in [-0.1, -0.05) is 38.4 Å². The zero-order chi connectivity index (χ0) is 13.9. The highest BCUT2D eigenvalue weighted by atomic mass is 35.5. The van der Waals surface area contributed by atoms with Crippen LogP contribution < -0.4 is 5.73 Å². The van der Waals surface area contributed by atoms with Gasteiger partial charge in [-0.3, -0.25) is 9.63 Å². The molecule has 0 aliphatic rings. The van der Waals surface area contributed by atoms with Gasteiger partial charge in [0.1, 0.15) is 0 Å². The molecule has 0 unspecified atom stereocenters. The molecule has 0 radical (unpaired) electrons. The minimum atomic E-state index is -0.504. The third-order valence-electron chi connectivity index (χ3n) is 2.48. The monoisotopic (exact) mass is 270 g/mol. The maximum absolute atomic E-state index is 12.1. The molecule has 0 saturated heterocycles. The van der Waals surface area contributed by atoms with Gasteiger partial charge in [0.2, 0.25) is 0 Å². The number of hydrogen-bond acceptors (Lipinski definition) is 3. The van der Waals surface area contributed by atoms with E-state index in [1.807, 2.05) is 20.8 Å². The van der Waals surface area contributed by atoms with E-state index in [2.05, 4.69) is 0 Å². The van der Waals surface area contributed by atoms with Crippen LogP contribution in [0.5, 0.6) is 0 Å². The number of carbonyl (C=O) groups excluding carboxylic acids is 1. The van der Waals surface area contributed by atoms with Gasteiger partial charge >= 0.3 is 0 Å². The molecular formula is C13H19ClN2O2. The summed E-state index contributed by atoms with van der Waals surface area (Å²) < 4.78 is 0. The van der Waals surface area contributed by atoms with Crippen molar-refractivity contribution >= 4 is 23.2 Å². The highest BCUT2D eigenvalue weighted by molar-refractivity contribution is 6.31. The van der Waals surface area contributed by atoms with Crippen LogP contribution in [0.25, 0.3) is 0 Å². The predicted molar refractivity (Wildman–Crippen MR) is 72.9 cm³/mol. The Kier molecular flexibility index (Phi) is 4.59. The highest BCUT2D eigenvalue weighted by Crippen LogP contribution is 2.24. The standard InChI is InChI=1S/C13H19ClN2O2/c1-13(2,3)12(17)16(18-4)8-9-5-6-10(15)7-11(9)14/h5-7H,8,15H2,1-4H3. The van der Waals surface area contributed by atoms with Crippen LogP contribution in [0.2, 0.25) is 5.02 Å². The SMILES string of the molecule is CON(Cc1ccc(N)cc1Cl)C(=O)C(C)(C)C. The third-order valence-corrected chi connectivity index (χ3v) is 2.83. The quantitative estimate of drug-likeness (QED) is 0.679. The fourth-order valence-electron chi connectivity index (χ4n) is 1.44. The van der Waals surface area contributed by atoms with Crippen molar-refractivity contribution in [3.8, 4) is 0 Å². The first kappa shape index (κ1) is 14.8. The maximum Gasteiger partial charge on any atom is 0.251 e. The molecule has 0 aromatic heterocycles. The van der Waals surface area contributed by atoms with Gasteiger partial charge in [-0.15, -0.1) is 0 Å². The van der Waals surface area contributed by atoms with Crippen molar-refractivity contribution < 1.29 is 9.63 Å². The lowest BCUT2D eigenvalue weighted by Gasteiger charge is -2.27. The van der Waals surface area contributed by atoms with E-state index in [1.165, 1.54) is 12.2 Å². The minimum Gasteiger partial charge on any atom is -0.399 e. The molecule has 0 bridgehead atoms. The van der Waals surface area contributed by atoms with Crippen LogP contribution >= 0.6 is 11.6 Å². The fraction of sp³-hybridized carbons (Fsp3) is 0.462. The molecule has 1 aromatic rings. The fourth-order valence-corrected chi connectivity index (χ4v) is 1.69. The van der Waals surface area contributed by atoms with Gasteiger partial charge in [0, 0.05) is 16.1 Å². The summed E-state index contributed by atoms with van der Waals surface area (Å²) in [6.45, 7) is 5.82. The largest absolute Gasteiger partial charge is 0.399 e. The Labute approximate surface area is 113 Å². The number of anilines is 1. The Balaban J connectivity index is 2.90. The summed E-state index contributed by atoms with van der Waals surface area (Å²) in [5.41, 5.74) is 6.51. The van der Waals surface area contributed by atoms with Gasteiger partial charge in [-0.25, -0.2) is 5.06 Å². The summed E-state index contributed by atoms with van der Waals surface area (Å²) in [7, 11) is 1.47. The van der Waals surface area contributed by atoms with Crippen molar-refractivity contribution in [1.29, 1.82) is 0 Å². The first-order chi connectivity index (χ1) is 8.25. The number of rotatable bonds is 3. The second-order valence-electron chi connectivity index (χ2n) is 5.13. The molecule has 0 spiro atoms. The van der Waals surface area contributed by atoms with Gasteiger partial charge in [-0.05, 0) is 17.7 Å². The summed E-state index contributed by atoms with van der Waals surface area (Å²) in [5.74, 6) is -0.0992. The Bertz CT molecular complexity index is 441. The second kappa shape index (κ2) is 5.59. The number of carbonyl (C=O) groups is 1. The van der Waals surface area contributed by atoms with Crippen LogP contribution in [0.1, 0.15) is 26.3 Å². The average molecular weight is 271 g/mol. The van der Waals surface area contributed by atoms with E-state index < -0.39 is 5.41 Å². The molecule has 1 aromatic carbocycles. The molecule has 2 N–H and O–H groups in total. The molecule has 0 aliphatic heterocycles. The zero-order valence-electron chi connectivity index (χ0n) is 11.2. The van der Waals surface area contributed by atoms with E-state index in [1.54, 1.807) is 18.2 Å². The highest BCUT2D eigenvalue weighted by Gasteiger charge is 2.28. The van der Waals surface area contributed by atoms with Crippen LogP contribution in [-0.4, -0.2) is 18.1 Å². The molecule has 4 nitrogen and oxygen atoms in total. The van der Waals surface area contributed by atoms with Crippen LogP contribution in [0.4, 0.5) is 5.69 Å². The van der Waals surface area contributed by atoms with Crippen LogP contribution in [0, 0.1) is 5.41 Å². The molecule has 1 rings (SSSR count). The maximum atomic E-state index is 12.1. The smallest absolute Gasteiger partial charge is 0.251 e. The number of hydroxylamine groups is 2. The van der Waals surface area contributed by atoms with Crippen molar-refractivity contribution in [1.82, 2.24) is 5.06 Å². The Morgan fingerprint density at radius 2 is 2.06 bits per heavy atom. The molecule has 0 fully saturated rings. The van der Waals surface area contributed by atoms with Gasteiger partial charge in [0.15, 0.2) is 0 Å². The first-order valence-corrected chi connectivity index (χ1v) is 6.03. The van der Waals surface area contributed by atoms with Crippen LogP contribution in [-0.2, 0) is 16.2 Å². The van der Waals surface area contributed by atoms with E-state index in [9.17, 15) is 4.79 Å². The van der Waals surface area contributed by atoms with Gasteiger partial charge in [-0.2, -0.15) is 0 Å². The van der Waals surface area contributed by atoms with E-state index in [0.717, 1.165) is 5.56 Å². The van der Waals surface area contributed by atoms with Crippen LogP contribution in [0.15, 0.2) is 18.2 Å². The molecule has 0 heterocycles. The number of amides is 1. The topological polar surface area (TPSA) is 55.6 Å². The molecule has 100 valence electrons. The number of nitrogens with zero attached hydrogens (tertiary/aromatic N) is 1. The first-order valence-electron chi connectivity index (χ1n) is 5.65. The summed E-state index contributed by atoms with van der Waals surface area (Å²) in [5, 5.41) is 1.83. The summed E-state index contributed by atoms with van der Waals surface area (Å²) in [4.78, 5) is 17.2. The van der Waals surface area contributed by atoms with E-state index in [-0.39, 0.29) is 5.91 Å². The minimum absolute atomic E-state index is 0.0992. The summed E-state index contributed by atoms with van der Waals surface area (Å²) in [6, 6.07) is 5.20. The average Bonchev–Trinajstić information content (AvgIpc) is 2.26. The van der Waals surface area contributed by atoms with Gasteiger partial charge in [0.05, 0.1) is 13.7 Å². The number of halogens is 1. The Morgan fingerprint density at radius 3 is 2.50 bits per heavy atom. The number of benzene rings is 1. The van der Waals surface area contributed by atoms with Gasteiger partial charge < -0.3 is 5.73 Å². The second-order valence-corrected chi connectivity index (χ2v) is 5.53. The lowest BCUT2D eigenvalue weighted by molar-refractivity contribution is -0.188. The molecule has 1 amide bonds. The lowest BCUT2D eigenvalue weighted by atomic mass is 9.95. The van der Waals surface area contributed by atoms with Crippen molar-refractivity contribution in [2.24, 2.45) is 5.41 Å². The van der Waals surface area contributed by atoms with E-state index in [0.29, 0.717) is 17.3 Å². The molecule has 0 atom stereocenters. The molecule has 0 aliphatic carbocycles. The number of hydrogen-bond donors (Lipinski definition) is 1.